The molecule has 13 heavy (non-hydrogen) atoms. The topological polar surface area (TPSA) is 12.0 Å². The summed E-state index contributed by atoms with van der Waals surface area (Å²) in [6.45, 7) is 1.16. The Bertz CT molecular complexity index is 290. The first-order valence-corrected chi connectivity index (χ1v) is 5.59. The highest BCUT2D eigenvalue weighted by molar-refractivity contribution is 9.10. The SMILES string of the molecule is Clc1cc(Br)cc(CC2CCN2)c1. The molecule has 0 radical (unpaired) electrons. The maximum absolute atomic E-state index is 5.94. The predicted octanol–water partition coefficient (Wildman–Crippen LogP) is 3.01. The lowest BCUT2D eigenvalue weighted by Gasteiger charge is -2.27. The smallest absolute Gasteiger partial charge is 0.0419 e. The van der Waals surface area contributed by atoms with Crippen LogP contribution in [-0.2, 0) is 6.42 Å². The minimum absolute atomic E-state index is 0.658. The Labute approximate surface area is 91.6 Å². The molecule has 1 aromatic rings. The molecular formula is C10H11BrClN. The molecule has 1 unspecified atom stereocenters. The molecule has 1 aliphatic heterocycles. The van der Waals surface area contributed by atoms with E-state index < -0.39 is 0 Å². The molecule has 2 rings (SSSR count). The van der Waals surface area contributed by atoms with Crippen LogP contribution in [0.2, 0.25) is 5.02 Å². The van der Waals surface area contributed by atoms with Gasteiger partial charge in [-0.3, -0.25) is 0 Å². The van der Waals surface area contributed by atoms with E-state index in [0.717, 1.165) is 22.5 Å². The summed E-state index contributed by atoms with van der Waals surface area (Å²) in [6, 6.07) is 6.74. The maximum Gasteiger partial charge on any atom is 0.0419 e. The van der Waals surface area contributed by atoms with Gasteiger partial charge in [-0.25, -0.2) is 0 Å². The normalized spacial score (nSPS) is 21.2. The second kappa shape index (κ2) is 3.99. The minimum Gasteiger partial charge on any atom is -0.314 e. The molecule has 0 aromatic heterocycles. The third-order valence-electron chi connectivity index (χ3n) is 2.33. The number of rotatable bonds is 2. The Kier molecular flexibility index (Phi) is 2.92. The van der Waals surface area contributed by atoms with Gasteiger partial charge in [-0.1, -0.05) is 27.5 Å². The zero-order chi connectivity index (χ0) is 9.26. The molecule has 3 heteroatoms. The van der Waals surface area contributed by atoms with Crippen molar-refractivity contribution < 1.29 is 0 Å². The van der Waals surface area contributed by atoms with E-state index in [9.17, 15) is 0 Å². The molecule has 1 saturated heterocycles. The van der Waals surface area contributed by atoms with Crippen LogP contribution in [-0.4, -0.2) is 12.6 Å². The molecule has 0 bridgehead atoms. The van der Waals surface area contributed by atoms with Crippen LogP contribution in [0.3, 0.4) is 0 Å². The second-order valence-corrected chi connectivity index (χ2v) is 4.77. The summed E-state index contributed by atoms with van der Waals surface area (Å²) in [5.74, 6) is 0. The van der Waals surface area contributed by atoms with Crippen molar-refractivity contribution in [2.75, 3.05) is 6.54 Å². The number of halogens is 2. The fourth-order valence-corrected chi connectivity index (χ4v) is 2.47. The summed E-state index contributed by atoms with van der Waals surface area (Å²) in [4.78, 5) is 0. The van der Waals surface area contributed by atoms with Gasteiger partial charge in [0.1, 0.15) is 0 Å². The van der Waals surface area contributed by atoms with Crippen LogP contribution in [0, 0.1) is 0 Å². The quantitative estimate of drug-likeness (QED) is 0.862. The zero-order valence-corrected chi connectivity index (χ0v) is 9.53. The highest BCUT2D eigenvalue weighted by Gasteiger charge is 2.16. The van der Waals surface area contributed by atoms with Crippen molar-refractivity contribution in [2.45, 2.75) is 18.9 Å². The van der Waals surface area contributed by atoms with Gasteiger partial charge in [0.25, 0.3) is 0 Å². The van der Waals surface area contributed by atoms with Gasteiger partial charge in [-0.15, -0.1) is 0 Å². The van der Waals surface area contributed by atoms with Crippen molar-refractivity contribution in [1.29, 1.82) is 0 Å². The molecule has 0 saturated carbocycles. The van der Waals surface area contributed by atoms with E-state index in [1.165, 1.54) is 12.0 Å². The number of hydrogen-bond donors (Lipinski definition) is 1. The van der Waals surface area contributed by atoms with Crippen LogP contribution in [0.15, 0.2) is 22.7 Å². The van der Waals surface area contributed by atoms with Crippen LogP contribution >= 0.6 is 27.5 Å². The Morgan fingerprint density at radius 2 is 2.23 bits per heavy atom. The van der Waals surface area contributed by atoms with E-state index in [-0.39, 0.29) is 0 Å². The van der Waals surface area contributed by atoms with Gasteiger partial charge in [-0.05, 0) is 43.1 Å². The lowest BCUT2D eigenvalue weighted by Crippen LogP contribution is -2.44. The molecule has 1 aromatic carbocycles. The Morgan fingerprint density at radius 1 is 1.46 bits per heavy atom. The summed E-state index contributed by atoms with van der Waals surface area (Å²) in [7, 11) is 0. The Hall–Kier alpha value is -0.0500. The lowest BCUT2D eigenvalue weighted by molar-refractivity contribution is 0.369. The summed E-state index contributed by atoms with van der Waals surface area (Å²) < 4.78 is 1.06. The molecule has 1 atom stereocenters. The largest absolute Gasteiger partial charge is 0.314 e. The first kappa shape index (κ1) is 9.50. The van der Waals surface area contributed by atoms with E-state index in [1.54, 1.807) is 0 Å². The van der Waals surface area contributed by atoms with Gasteiger partial charge in [0, 0.05) is 15.5 Å². The maximum atomic E-state index is 5.94. The summed E-state index contributed by atoms with van der Waals surface area (Å²) in [5.41, 5.74) is 1.30. The van der Waals surface area contributed by atoms with E-state index in [1.807, 2.05) is 12.1 Å². The fraction of sp³-hybridized carbons (Fsp3) is 0.400. The highest BCUT2D eigenvalue weighted by Crippen LogP contribution is 2.21. The monoisotopic (exact) mass is 259 g/mol. The Morgan fingerprint density at radius 3 is 2.77 bits per heavy atom. The van der Waals surface area contributed by atoms with Crippen LogP contribution in [0.25, 0.3) is 0 Å². The molecule has 0 aliphatic carbocycles. The fourth-order valence-electron chi connectivity index (χ4n) is 1.54. The van der Waals surface area contributed by atoms with Gasteiger partial charge in [0.15, 0.2) is 0 Å². The number of nitrogens with one attached hydrogen (secondary N) is 1. The molecule has 0 amide bonds. The van der Waals surface area contributed by atoms with E-state index in [0.29, 0.717) is 6.04 Å². The minimum atomic E-state index is 0.658. The van der Waals surface area contributed by atoms with Gasteiger partial charge in [0.05, 0.1) is 0 Å². The van der Waals surface area contributed by atoms with E-state index in [2.05, 4.69) is 27.3 Å². The molecule has 1 heterocycles. The van der Waals surface area contributed by atoms with Crippen LogP contribution < -0.4 is 5.32 Å². The van der Waals surface area contributed by atoms with E-state index in [4.69, 9.17) is 11.6 Å². The first-order valence-electron chi connectivity index (χ1n) is 4.42. The molecule has 70 valence electrons. The van der Waals surface area contributed by atoms with Crippen LogP contribution in [0.4, 0.5) is 0 Å². The highest BCUT2D eigenvalue weighted by atomic mass is 79.9. The van der Waals surface area contributed by atoms with Gasteiger partial charge in [0.2, 0.25) is 0 Å². The average Bonchev–Trinajstić information content (AvgIpc) is 1.95. The average molecular weight is 261 g/mol. The van der Waals surface area contributed by atoms with Crippen LogP contribution in [0.1, 0.15) is 12.0 Å². The third-order valence-corrected chi connectivity index (χ3v) is 3.01. The van der Waals surface area contributed by atoms with Crippen LogP contribution in [0.5, 0.6) is 0 Å². The van der Waals surface area contributed by atoms with Gasteiger partial charge < -0.3 is 5.32 Å². The van der Waals surface area contributed by atoms with Crippen molar-refractivity contribution in [1.82, 2.24) is 5.32 Å². The third kappa shape index (κ3) is 2.46. The number of benzene rings is 1. The molecule has 0 spiro atoms. The molecule has 1 N–H and O–H groups in total. The van der Waals surface area contributed by atoms with Crippen molar-refractivity contribution in [3.63, 3.8) is 0 Å². The molecular weight excluding hydrogens is 249 g/mol. The van der Waals surface area contributed by atoms with Crippen molar-refractivity contribution in [2.24, 2.45) is 0 Å². The second-order valence-electron chi connectivity index (χ2n) is 3.42. The predicted molar refractivity (Wildman–Crippen MR) is 59.3 cm³/mol. The molecule has 1 aliphatic rings. The standard InChI is InChI=1S/C10H11BrClN/c11-8-3-7(4-9(12)6-8)5-10-1-2-13-10/h3-4,6,10,13H,1-2,5H2. The Balaban J connectivity index is 2.10. The van der Waals surface area contributed by atoms with Gasteiger partial charge in [-0.2, -0.15) is 0 Å². The lowest BCUT2D eigenvalue weighted by atomic mass is 9.98. The van der Waals surface area contributed by atoms with Crippen molar-refractivity contribution in [3.8, 4) is 0 Å². The van der Waals surface area contributed by atoms with E-state index >= 15 is 0 Å². The summed E-state index contributed by atoms with van der Waals surface area (Å²) in [6.07, 6.45) is 2.36. The number of hydrogen-bond acceptors (Lipinski definition) is 1. The van der Waals surface area contributed by atoms with Gasteiger partial charge >= 0.3 is 0 Å². The van der Waals surface area contributed by atoms with Crippen molar-refractivity contribution in [3.05, 3.63) is 33.3 Å². The molecule has 1 nitrogen and oxygen atoms in total. The summed E-state index contributed by atoms with van der Waals surface area (Å²) >= 11 is 9.38. The summed E-state index contributed by atoms with van der Waals surface area (Å²) in [5, 5.41) is 4.18. The molecule has 1 fully saturated rings. The zero-order valence-electron chi connectivity index (χ0n) is 7.19. The first-order chi connectivity index (χ1) is 6.24. The van der Waals surface area contributed by atoms with Crippen molar-refractivity contribution >= 4 is 27.5 Å².